The van der Waals surface area contributed by atoms with E-state index in [1.54, 1.807) is 6.92 Å². The number of rotatable bonds is 6. The van der Waals surface area contributed by atoms with Crippen LogP contribution in [0.25, 0.3) is 0 Å². The minimum atomic E-state index is -3.10. The molecule has 100 valence electrons. The molecular weight excluding hydrogens is 272 g/mol. The molecule has 0 saturated heterocycles. The van der Waals surface area contributed by atoms with Gasteiger partial charge in [0.1, 0.15) is 0 Å². The molecule has 0 heterocycles. The minimum absolute atomic E-state index is 0.0798. The van der Waals surface area contributed by atoms with Crippen LogP contribution in [-0.2, 0) is 31.7 Å². The summed E-state index contributed by atoms with van der Waals surface area (Å²) in [6, 6.07) is 0. The van der Waals surface area contributed by atoms with Crippen molar-refractivity contribution >= 4 is 28.1 Å². The molecule has 0 amide bonds. The molecule has 0 fully saturated rings. The lowest BCUT2D eigenvalue weighted by atomic mass is 10.2. The van der Waals surface area contributed by atoms with Crippen molar-refractivity contribution in [1.29, 1.82) is 0 Å². The maximum atomic E-state index is 11.2. The fraction of sp³-hybridized carbons (Fsp3) is 0.625. The maximum absolute atomic E-state index is 11.2. The lowest BCUT2D eigenvalue weighted by molar-refractivity contribution is -0.138. The Morgan fingerprint density at radius 3 is 2.35 bits per heavy atom. The highest BCUT2D eigenvalue weighted by atomic mass is 32.2. The molecule has 0 radical (unpaired) electrons. The van der Waals surface area contributed by atoms with E-state index in [0.717, 1.165) is 0 Å². The van der Waals surface area contributed by atoms with Gasteiger partial charge in [-0.05, 0) is 31.0 Å². The van der Waals surface area contributed by atoms with Gasteiger partial charge in [-0.2, -0.15) is 0 Å². The first-order valence-corrected chi connectivity index (χ1v) is 6.79. The van der Waals surface area contributed by atoms with E-state index in [4.69, 9.17) is 0 Å². The lowest BCUT2D eigenvalue weighted by Gasteiger charge is -2.28. The molecule has 9 heteroatoms. The summed E-state index contributed by atoms with van der Waals surface area (Å²) in [6.07, 6.45) is 0.643. The summed E-state index contributed by atoms with van der Waals surface area (Å²) >= 11 is -5.88. The molecule has 7 nitrogen and oxygen atoms in total. The second-order valence-electron chi connectivity index (χ2n) is 3.08. The van der Waals surface area contributed by atoms with Crippen LogP contribution in [0.15, 0.2) is 11.6 Å². The summed E-state index contributed by atoms with van der Waals surface area (Å²) in [6.45, 7) is 2.84. The summed E-state index contributed by atoms with van der Waals surface area (Å²) in [5.74, 6) is -1.88. The van der Waals surface area contributed by atoms with Crippen molar-refractivity contribution in [1.82, 2.24) is 0 Å². The van der Waals surface area contributed by atoms with Gasteiger partial charge in [-0.25, -0.2) is 4.79 Å². The Labute approximate surface area is 103 Å². The molecule has 0 aromatic heterocycles. The van der Waals surface area contributed by atoms with E-state index in [-0.39, 0.29) is 12.2 Å². The third-order valence-electron chi connectivity index (χ3n) is 1.65. The van der Waals surface area contributed by atoms with Gasteiger partial charge >= 0.3 is 5.97 Å². The number of aliphatic hydroxyl groups is 1. The topological polar surface area (TPSA) is 127 Å². The number of esters is 1. The molecule has 0 spiro atoms. The number of carbonyl (C=O) groups is 1. The first-order chi connectivity index (χ1) is 7.73. The van der Waals surface area contributed by atoms with Gasteiger partial charge in [0.25, 0.3) is 0 Å². The predicted molar refractivity (Wildman–Crippen MR) is 58.0 cm³/mol. The normalized spacial score (nSPS) is 19.2. The molecule has 0 rings (SSSR count). The molecule has 3 unspecified atom stereocenters. The van der Waals surface area contributed by atoms with Crippen molar-refractivity contribution in [2.24, 2.45) is 0 Å². The van der Waals surface area contributed by atoms with E-state index in [1.165, 1.54) is 6.92 Å². The zero-order valence-corrected chi connectivity index (χ0v) is 10.8. The fourth-order valence-electron chi connectivity index (χ4n) is 0.949. The molecular formula is C8H12O7S2-2. The smallest absolute Gasteiger partial charge is 0.333 e. The van der Waals surface area contributed by atoms with E-state index < -0.39 is 38.8 Å². The molecule has 0 aliphatic heterocycles. The van der Waals surface area contributed by atoms with E-state index >= 15 is 0 Å². The van der Waals surface area contributed by atoms with Crippen molar-refractivity contribution < 1.29 is 32.2 Å². The van der Waals surface area contributed by atoms with Crippen LogP contribution in [-0.4, -0.2) is 45.9 Å². The molecule has 0 bridgehead atoms. The fourth-order valence-corrected chi connectivity index (χ4v) is 2.32. The average molecular weight is 284 g/mol. The minimum Gasteiger partial charge on any atom is -0.772 e. The van der Waals surface area contributed by atoms with Crippen LogP contribution in [0, 0.1) is 0 Å². The zero-order valence-electron chi connectivity index (χ0n) is 9.20. The Hall–Kier alpha value is -0.610. The van der Waals surface area contributed by atoms with Crippen LogP contribution in [0.2, 0.25) is 0 Å². The van der Waals surface area contributed by atoms with Crippen LogP contribution >= 0.6 is 0 Å². The third-order valence-corrected chi connectivity index (χ3v) is 3.35. The first kappa shape index (κ1) is 16.4. The Morgan fingerprint density at radius 2 is 2.00 bits per heavy atom. The Bertz CT molecular complexity index is 365. The highest BCUT2D eigenvalue weighted by Crippen LogP contribution is 2.15. The molecule has 0 aliphatic carbocycles. The summed E-state index contributed by atoms with van der Waals surface area (Å²) in [5.41, 5.74) is -0.191. The molecule has 1 N–H and O–H groups in total. The van der Waals surface area contributed by atoms with Crippen molar-refractivity contribution in [3.8, 4) is 0 Å². The highest BCUT2D eigenvalue weighted by Gasteiger charge is 2.27. The predicted octanol–water partition coefficient (Wildman–Crippen LogP) is -1.06. The van der Waals surface area contributed by atoms with Gasteiger partial charge < -0.3 is 18.9 Å². The first-order valence-electron chi connectivity index (χ1n) is 4.47. The molecule has 3 atom stereocenters. The van der Waals surface area contributed by atoms with Gasteiger partial charge in [-0.1, -0.05) is 11.1 Å². The van der Waals surface area contributed by atoms with E-state index in [1.807, 2.05) is 0 Å². The van der Waals surface area contributed by atoms with Crippen molar-refractivity contribution in [2.45, 2.75) is 18.8 Å². The van der Waals surface area contributed by atoms with Gasteiger partial charge in [-0.3, -0.25) is 8.42 Å². The number of carbonyl (C=O) groups excluding carboxylic acids is 1. The van der Waals surface area contributed by atoms with Crippen LogP contribution in [0.5, 0.6) is 0 Å². The van der Waals surface area contributed by atoms with E-state index in [0.29, 0.717) is 6.08 Å². The van der Waals surface area contributed by atoms with Crippen LogP contribution in [0.3, 0.4) is 0 Å². The summed E-state index contributed by atoms with van der Waals surface area (Å²) in [4.78, 5) is 8.54. The summed E-state index contributed by atoms with van der Waals surface area (Å²) < 4.78 is 46.9. The van der Waals surface area contributed by atoms with Crippen LogP contribution < -0.4 is 0 Å². The number of hydrogen-bond acceptors (Lipinski definition) is 7. The summed E-state index contributed by atoms with van der Waals surface area (Å²) in [7, 11) is 0. The lowest BCUT2D eigenvalue weighted by Crippen LogP contribution is -2.38. The van der Waals surface area contributed by atoms with Crippen molar-refractivity contribution in [3.05, 3.63) is 11.6 Å². The van der Waals surface area contributed by atoms with E-state index in [9.17, 15) is 27.4 Å². The molecule has 0 saturated carbocycles. The van der Waals surface area contributed by atoms with Crippen LogP contribution in [0.4, 0.5) is 0 Å². The Morgan fingerprint density at radius 1 is 1.47 bits per heavy atom. The van der Waals surface area contributed by atoms with Gasteiger partial charge in [-0.15, -0.1) is 0 Å². The SMILES string of the molecule is CCOC(=O)C(C)=CC(O)(CS(=O)[O-])S(=O)[O-]. The highest BCUT2D eigenvalue weighted by molar-refractivity contribution is 7.84. The molecule has 0 aromatic carbocycles. The molecule has 17 heavy (non-hydrogen) atoms. The monoisotopic (exact) mass is 284 g/mol. The van der Waals surface area contributed by atoms with Crippen LogP contribution in [0.1, 0.15) is 13.8 Å². The Balaban J connectivity index is 5.10. The second kappa shape index (κ2) is 6.97. The Kier molecular flexibility index (Phi) is 6.72. The molecule has 0 aliphatic rings. The van der Waals surface area contributed by atoms with E-state index in [2.05, 4.69) is 4.74 Å². The number of hydrogen-bond donors (Lipinski definition) is 1. The van der Waals surface area contributed by atoms with Crippen molar-refractivity contribution in [3.63, 3.8) is 0 Å². The average Bonchev–Trinajstić information content (AvgIpc) is 2.16. The molecule has 0 aromatic rings. The largest absolute Gasteiger partial charge is 0.772 e. The second-order valence-corrected chi connectivity index (χ2v) is 5.15. The zero-order chi connectivity index (χ0) is 13.6. The van der Waals surface area contributed by atoms with Crippen molar-refractivity contribution in [2.75, 3.05) is 12.4 Å². The quantitative estimate of drug-likeness (QED) is 0.374. The van der Waals surface area contributed by atoms with Gasteiger partial charge in [0.15, 0.2) is 4.93 Å². The van der Waals surface area contributed by atoms with Gasteiger partial charge in [0, 0.05) is 5.57 Å². The van der Waals surface area contributed by atoms with Gasteiger partial charge in [0.05, 0.1) is 12.4 Å². The maximum Gasteiger partial charge on any atom is 0.333 e. The standard InChI is InChI=1S/C8H14O7S2/c1-3-15-7(9)6(2)4-8(10,17(13)14)5-16(11)12/h4,10H,3,5H2,1-2H3,(H,11,12)(H,13,14)/p-2. The summed E-state index contributed by atoms with van der Waals surface area (Å²) in [5, 5.41) is 9.56. The third kappa shape index (κ3) is 5.50. The number of ether oxygens (including phenoxy) is 1. The van der Waals surface area contributed by atoms with Gasteiger partial charge in [0.2, 0.25) is 0 Å².